The third-order valence-corrected chi connectivity index (χ3v) is 6.91. The van der Waals surface area contributed by atoms with Crippen LogP contribution in [0.3, 0.4) is 0 Å². The zero-order valence-electron chi connectivity index (χ0n) is 18.3. The molecule has 168 valence electrons. The second-order valence-electron chi connectivity index (χ2n) is 9.05. The van der Waals surface area contributed by atoms with E-state index in [1.807, 2.05) is 31.3 Å². The molecule has 0 saturated carbocycles. The molecule has 2 aromatic rings. The van der Waals surface area contributed by atoms with Crippen molar-refractivity contribution < 1.29 is 9.59 Å². The van der Waals surface area contributed by atoms with Crippen molar-refractivity contribution >= 4 is 11.8 Å². The van der Waals surface area contributed by atoms with Crippen LogP contribution in [0.4, 0.5) is 0 Å². The summed E-state index contributed by atoms with van der Waals surface area (Å²) in [7, 11) is 0. The van der Waals surface area contributed by atoms with Gasteiger partial charge >= 0.3 is 0 Å². The van der Waals surface area contributed by atoms with E-state index in [0.717, 1.165) is 63.7 Å². The first kappa shape index (κ1) is 21.6. The number of carbonyl (C=O) groups is 2. The van der Waals surface area contributed by atoms with Crippen LogP contribution in [-0.4, -0.2) is 66.9 Å². The van der Waals surface area contributed by atoms with E-state index in [0.29, 0.717) is 13.1 Å². The molecule has 0 N–H and O–H groups in total. The molecule has 0 bridgehead atoms. The van der Waals surface area contributed by atoms with Crippen molar-refractivity contribution in [3.63, 3.8) is 0 Å². The van der Waals surface area contributed by atoms with Crippen LogP contribution in [0.2, 0.25) is 0 Å². The largest absolute Gasteiger partial charge is 0.341 e. The van der Waals surface area contributed by atoms with E-state index >= 15 is 0 Å². The number of likely N-dealkylation sites (tertiary alicyclic amines) is 2. The van der Waals surface area contributed by atoms with Gasteiger partial charge in [-0.05, 0) is 37.5 Å². The van der Waals surface area contributed by atoms with Crippen LogP contribution in [-0.2, 0) is 22.7 Å². The molecule has 0 spiro atoms. The standard InChI is InChI=1S/C23H34N6O2/c30-22(16-26-14-8-24-18-26)28-10-4-20(5-11-28)2-1-3-21-6-12-29(13-7-21)23(31)17-27-15-9-25-19-27/h8-9,14-15,18-21H,1-7,10-13,16-17H2. The number of aromatic nitrogens is 4. The number of hydrogen-bond donors (Lipinski definition) is 0. The topological polar surface area (TPSA) is 76.3 Å². The van der Waals surface area contributed by atoms with Gasteiger partial charge in [-0.1, -0.05) is 19.3 Å². The smallest absolute Gasteiger partial charge is 0.242 e. The van der Waals surface area contributed by atoms with E-state index in [-0.39, 0.29) is 11.8 Å². The highest BCUT2D eigenvalue weighted by Crippen LogP contribution is 2.27. The van der Waals surface area contributed by atoms with Gasteiger partial charge in [0.15, 0.2) is 0 Å². The molecule has 8 heteroatoms. The SMILES string of the molecule is O=C(Cn1ccnc1)N1CCC(CCCC2CCN(C(=O)Cn3ccnc3)CC2)CC1. The van der Waals surface area contributed by atoms with Gasteiger partial charge in [-0.2, -0.15) is 0 Å². The first-order valence-corrected chi connectivity index (χ1v) is 11.6. The van der Waals surface area contributed by atoms with Crippen molar-refractivity contribution in [1.29, 1.82) is 0 Å². The van der Waals surface area contributed by atoms with E-state index in [1.54, 1.807) is 25.0 Å². The number of rotatable bonds is 8. The molecule has 0 radical (unpaired) electrons. The molecule has 0 aliphatic carbocycles. The molecule has 4 rings (SSSR count). The summed E-state index contributed by atoms with van der Waals surface area (Å²) in [5.41, 5.74) is 0. The number of nitrogens with zero attached hydrogens (tertiary/aromatic N) is 6. The van der Waals surface area contributed by atoms with Gasteiger partial charge in [0.1, 0.15) is 13.1 Å². The van der Waals surface area contributed by atoms with Crippen LogP contribution in [0.15, 0.2) is 37.4 Å². The van der Waals surface area contributed by atoms with Crippen LogP contribution < -0.4 is 0 Å². The van der Waals surface area contributed by atoms with Crippen LogP contribution in [0.25, 0.3) is 0 Å². The Morgan fingerprint density at radius 1 is 0.710 bits per heavy atom. The summed E-state index contributed by atoms with van der Waals surface area (Å²) in [6, 6.07) is 0. The minimum absolute atomic E-state index is 0.200. The summed E-state index contributed by atoms with van der Waals surface area (Å²) in [5, 5.41) is 0. The average molecular weight is 427 g/mol. The van der Waals surface area contributed by atoms with E-state index < -0.39 is 0 Å². The molecule has 2 aliphatic heterocycles. The Labute approximate surface area is 184 Å². The van der Waals surface area contributed by atoms with E-state index in [1.165, 1.54) is 19.3 Å². The molecular formula is C23H34N6O2. The van der Waals surface area contributed by atoms with Crippen molar-refractivity contribution in [3.8, 4) is 0 Å². The molecule has 8 nitrogen and oxygen atoms in total. The summed E-state index contributed by atoms with van der Waals surface area (Å²) in [4.78, 5) is 36.8. The van der Waals surface area contributed by atoms with Crippen LogP contribution >= 0.6 is 0 Å². The lowest BCUT2D eigenvalue weighted by atomic mass is 9.87. The van der Waals surface area contributed by atoms with Gasteiger partial charge in [-0.15, -0.1) is 0 Å². The van der Waals surface area contributed by atoms with Crippen molar-refractivity contribution in [1.82, 2.24) is 28.9 Å². The predicted octanol–water partition coefficient (Wildman–Crippen LogP) is 2.43. The summed E-state index contributed by atoms with van der Waals surface area (Å²) in [6.07, 6.45) is 18.8. The lowest BCUT2D eigenvalue weighted by Crippen LogP contribution is -2.40. The van der Waals surface area contributed by atoms with Gasteiger partial charge in [0.2, 0.25) is 11.8 Å². The molecule has 31 heavy (non-hydrogen) atoms. The maximum Gasteiger partial charge on any atom is 0.242 e. The normalized spacial score (nSPS) is 18.5. The van der Waals surface area contributed by atoms with Crippen LogP contribution in [0.1, 0.15) is 44.9 Å². The van der Waals surface area contributed by atoms with E-state index in [2.05, 4.69) is 9.97 Å². The minimum Gasteiger partial charge on any atom is -0.341 e. The first-order chi connectivity index (χ1) is 15.2. The van der Waals surface area contributed by atoms with Gasteiger partial charge in [0.05, 0.1) is 12.7 Å². The van der Waals surface area contributed by atoms with Crippen LogP contribution in [0, 0.1) is 11.8 Å². The molecule has 0 unspecified atom stereocenters. The van der Waals surface area contributed by atoms with Crippen LogP contribution in [0.5, 0.6) is 0 Å². The number of carbonyl (C=O) groups excluding carboxylic acids is 2. The number of imidazole rings is 2. The lowest BCUT2D eigenvalue weighted by molar-refractivity contribution is -0.134. The fourth-order valence-electron chi connectivity index (χ4n) is 4.91. The molecule has 0 atom stereocenters. The third kappa shape index (κ3) is 6.18. The van der Waals surface area contributed by atoms with Crippen molar-refractivity contribution in [2.24, 2.45) is 11.8 Å². The number of amides is 2. The maximum absolute atomic E-state index is 12.4. The van der Waals surface area contributed by atoms with Gasteiger partial charge < -0.3 is 18.9 Å². The number of piperidine rings is 2. The Hall–Kier alpha value is -2.64. The highest BCUT2D eigenvalue weighted by atomic mass is 16.2. The van der Waals surface area contributed by atoms with Gasteiger partial charge in [0.25, 0.3) is 0 Å². The Morgan fingerprint density at radius 2 is 1.13 bits per heavy atom. The first-order valence-electron chi connectivity index (χ1n) is 11.6. The summed E-state index contributed by atoms with van der Waals surface area (Å²) in [5.74, 6) is 1.89. The number of hydrogen-bond acceptors (Lipinski definition) is 4. The molecular weight excluding hydrogens is 392 g/mol. The molecule has 4 heterocycles. The van der Waals surface area contributed by atoms with Crippen molar-refractivity contribution in [3.05, 3.63) is 37.4 Å². The van der Waals surface area contributed by atoms with Gasteiger partial charge in [-0.3, -0.25) is 9.59 Å². The van der Waals surface area contributed by atoms with Crippen molar-refractivity contribution in [2.45, 2.75) is 58.0 Å². The molecule has 2 amide bonds. The monoisotopic (exact) mass is 426 g/mol. The second kappa shape index (κ2) is 10.6. The highest BCUT2D eigenvalue weighted by molar-refractivity contribution is 5.76. The quantitative estimate of drug-likeness (QED) is 0.650. The third-order valence-electron chi connectivity index (χ3n) is 6.91. The molecule has 2 aliphatic rings. The second-order valence-corrected chi connectivity index (χ2v) is 9.05. The highest BCUT2D eigenvalue weighted by Gasteiger charge is 2.25. The fourth-order valence-corrected chi connectivity index (χ4v) is 4.91. The zero-order valence-corrected chi connectivity index (χ0v) is 18.3. The Morgan fingerprint density at radius 3 is 1.48 bits per heavy atom. The molecule has 2 aromatic heterocycles. The Bertz CT molecular complexity index is 735. The Balaban J connectivity index is 1.08. The lowest BCUT2D eigenvalue weighted by Gasteiger charge is -2.34. The molecule has 0 aromatic carbocycles. The van der Waals surface area contributed by atoms with E-state index in [4.69, 9.17) is 0 Å². The predicted molar refractivity (Wildman–Crippen MR) is 117 cm³/mol. The zero-order chi connectivity index (χ0) is 21.5. The van der Waals surface area contributed by atoms with Gasteiger partial charge in [-0.25, -0.2) is 9.97 Å². The molecule has 2 fully saturated rings. The van der Waals surface area contributed by atoms with Gasteiger partial charge in [0, 0.05) is 51.0 Å². The average Bonchev–Trinajstić information content (AvgIpc) is 3.49. The summed E-state index contributed by atoms with van der Waals surface area (Å²) in [6.45, 7) is 4.33. The summed E-state index contributed by atoms with van der Waals surface area (Å²) >= 11 is 0. The van der Waals surface area contributed by atoms with Crippen molar-refractivity contribution in [2.75, 3.05) is 26.2 Å². The Kier molecular flexibility index (Phi) is 7.38. The summed E-state index contributed by atoms with van der Waals surface area (Å²) < 4.78 is 3.68. The van der Waals surface area contributed by atoms with E-state index in [9.17, 15) is 9.59 Å². The minimum atomic E-state index is 0.200. The molecule has 2 saturated heterocycles. The maximum atomic E-state index is 12.4. The fraction of sp³-hybridized carbons (Fsp3) is 0.652.